The molecule has 0 bridgehead atoms. The van der Waals surface area contributed by atoms with Crippen LogP contribution in [0, 0.1) is 0 Å². The molecule has 5 rings (SSSR count). The van der Waals surface area contributed by atoms with Gasteiger partial charge in [0.05, 0.1) is 16.6 Å². The first kappa shape index (κ1) is 19.5. The van der Waals surface area contributed by atoms with Gasteiger partial charge in [-0.2, -0.15) is 0 Å². The molecule has 2 aromatic heterocycles. The quantitative estimate of drug-likeness (QED) is 0.470. The fraction of sp³-hybridized carbons (Fsp3) is 0.333. The highest BCUT2D eigenvalue weighted by Crippen LogP contribution is 2.28. The lowest BCUT2D eigenvalue weighted by molar-refractivity contribution is -0.127. The van der Waals surface area contributed by atoms with Crippen molar-refractivity contribution in [3.8, 4) is 0 Å². The number of para-hydroxylation sites is 3. The smallest absolute Gasteiger partial charge is 0.222 e. The molecule has 1 aliphatic rings. The number of aromatic nitrogens is 3. The lowest BCUT2D eigenvalue weighted by atomic mass is 10.2. The van der Waals surface area contributed by atoms with Crippen LogP contribution in [0.4, 0.5) is 0 Å². The van der Waals surface area contributed by atoms with E-state index in [1.165, 1.54) is 0 Å². The van der Waals surface area contributed by atoms with E-state index in [2.05, 4.69) is 16.0 Å². The lowest BCUT2D eigenvalue weighted by Crippen LogP contribution is -2.31. The van der Waals surface area contributed by atoms with Crippen LogP contribution in [0.2, 0.25) is 0 Å². The monoisotopic (exact) mass is 415 g/mol. The van der Waals surface area contributed by atoms with Crippen molar-refractivity contribution in [2.45, 2.75) is 32.2 Å². The molecule has 2 amide bonds. The van der Waals surface area contributed by atoms with Crippen LogP contribution in [0.25, 0.3) is 33.1 Å². The van der Waals surface area contributed by atoms with Crippen molar-refractivity contribution < 1.29 is 9.59 Å². The van der Waals surface area contributed by atoms with Gasteiger partial charge >= 0.3 is 0 Å². The van der Waals surface area contributed by atoms with Crippen LogP contribution >= 0.6 is 0 Å². The number of carbonyl (C=O) groups is 2. The van der Waals surface area contributed by atoms with E-state index in [0.29, 0.717) is 32.5 Å². The zero-order valence-corrected chi connectivity index (χ0v) is 17.4. The molecule has 31 heavy (non-hydrogen) atoms. The molecule has 2 aromatic carbocycles. The summed E-state index contributed by atoms with van der Waals surface area (Å²) in [6.45, 7) is 2.68. The van der Waals surface area contributed by atoms with E-state index in [-0.39, 0.29) is 11.8 Å². The van der Waals surface area contributed by atoms with Gasteiger partial charge in [-0.3, -0.25) is 9.59 Å². The van der Waals surface area contributed by atoms with Crippen molar-refractivity contribution in [1.29, 1.82) is 0 Å². The van der Waals surface area contributed by atoms with Gasteiger partial charge in [-0.25, -0.2) is 9.97 Å². The number of carbonyl (C=O) groups excluding carboxylic acids is 2. The van der Waals surface area contributed by atoms with E-state index in [9.17, 15) is 9.59 Å². The standard InChI is InChI=1S/C24H25N5O2/c30-21(25-13-6-15-28-14-5-11-22(28)31)12-16-29-20-10-4-1-7-17(20)23-24(29)27-19-9-3-2-8-18(19)26-23/h1-4,7-10H,5-6,11-16H2,(H,25,30). The van der Waals surface area contributed by atoms with Crippen LogP contribution in [0.15, 0.2) is 48.5 Å². The molecule has 0 saturated carbocycles. The Morgan fingerprint density at radius 1 is 1.00 bits per heavy atom. The van der Waals surface area contributed by atoms with Crippen LogP contribution in [-0.2, 0) is 16.1 Å². The molecule has 0 atom stereocenters. The summed E-state index contributed by atoms with van der Waals surface area (Å²) in [6.07, 6.45) is 2.75. The van der Waals surface area contributed by atoms with Crippen LogP contribution in [-0.4, -0.2) is 50.9 Å². The summed E-state index contributed by atoms with van der Waals surface area (Å²) in [6, 6.07) is 16.0. The number of benzene rings is 2. The summed E-state index contributed by atoms with van der Waals surface area (Å²) >= 11 is 0. The van der Waals surface area contributed by atoms with Crippen molar-refractivity contribution >= 4 is 44.9 Å². The molecular formula is C24H25N5O2. The second kappa shape index (κ2) is 8.34. The molecule has 1 saturated heterocycles. The molecule has 0 unspecified atom stereocenters. The van der Waals surface area contributed by atoms with Gasteiger partial charge in [0.25, 0.3) is 0 Å². The van der Waals surface area contributed by atoms with E-state index in [1.807, 2.05) is 47.4 Å². The third-order valence-corrected chi connectivity index (χ3v) is 5.92. The number of rotatable bonds is 7. The lowest BCUT2D eigenvalue weighted by Gasteiger charge is -2.15. The Kier molecular flexibility index (Phi) is 5.24. The first-order valence-corrected chi connectivity index (χ1v) is 10.9. The molecule has 7 nitrogen and oxygen atoms in total. The van der Waals surface area contributed by atoms with Crippen LogP contribution in [0.5, 0.6) is 0 Å². The van der Waals surface area contributed by atoms with Crippen LogP contribution < -0.4 is 5.32 Å². The minimum absolute atomic E-state index is 0.00688. The van der Waals surface area contributed by atoms with Crippen molar-refractivity contribution in [2.24, 2.45) is 0 Å². The fourth-order valence-corrected chi connectivity index (χ4v) is 4.35. The average Bonchev–Trinajstić information content (AvgIpc) is 3.34. The summed E-state index contributed by atoms with van der Waals surface area (Å²) in [5, 5.41) is 4.03. The Morgan fingerprint density at radius 2 is 1.77 bits per heavy atom. The third kappa shape index (κ3) is 3.83. The molecule has 1 fully saturated rings. The number of aryl methyl sites for hydroxylation is 1. The second-order valence-corrected chi connectivity index (χ2v) is 7.99. The Balaban J connectivity index is 1.29. The van der Waals surface area contributed by atoms with E-state index >= 15 is 0 Å². The molecule has 0 aliphatic carbocycles. The van der Waals surface area contributed by atoms with E-state index in [0.717, 1.165) is 52.5 Å². The summed E-state index contributed by atoms with van der Waals surface area (Å²) in [5.41, 5.74) is 4.42. The number of hydrogen-bond acceptors (Lipinski definition) is 4. The number of nitrogens with one attached hydrogen (secondary N) is 1. The summed E-state index contributed by atoms with van der Waals surface area (Å²) in [7, 11) is 0. The number of hydrogen-bond donors (Lipinski definition) is 1. The fourth-order valence-electron chi connectivity index (χ4n) is 4.35. The Hall–Kier alpha value is -3.48. The van der Waals surface area contributed by atoms with Gasteiger partial charge in [-0.15, -0.1) is 0 Å². The minimum atomic E-state index is 0.00688. The van der Waals surface area contributed by atoms with Crippen LogP contribution in [0.3, 0.4) is 0 Å². The predicted octanol–water partition coefficient (Wildman–Crippen LogP) is 3.26. The van der Waals surface area contributed by atoms with Gasteiger partial charge in [0.15, 0.2) is 5.65 Å². The second-order valence-electron chi connectivity index (χ2n) is 7.99. The van der Waals surface area contributed by atoms with Crippen LogP contribution in [0.1, 0.15) is 25.7 Å². The SMILES string of the molecule is O=C(CCn1c2ccccc2c2nc3ccccc3nc21)NCCCN1CCCC1=O. The van der Waals surface area contributed by atoms with E-state index in [4.69, 9.17) is 9.97 Å². The molecule has 3 heterocycles. The molecule has 0 radical (unpaired) electrons. The molecule has 4 aromatic rings. The van der Waals surface area contributed by atoms with Gasteiger partial charge in [-0.05, 0) is 31.0 Å². The molecule has 0 spiro atoms. The maximum atomic E-state index is 12.4. The van der Waals surface area contributed by atoms with Crippen molar-refractivity contribution in [3.05, 3.63) is 48.5 Å². The van der Waals surface area contributed by atoms with Crippen molar-refractivity contribution in [2.75, 3.05) is 19.6 Å². The number of amides is 2. The largest absolute Gasteiger partial charge is 0.356 e. The summed E-state index contributed by atoms with van der Waals surface area (Å²) in [4.78, 5) is 35.7. The van der Waals surface area contributed by atoms with E-state index in [1.54, 1.807) is 0 Å². The normalized spacial score (nSPS) is 14.2. The Morgan fingerprint density at radius 3 is 2.58 bits per heavy atom. The topological polar surface area (TPSA) is 80.1 Å². The number of likely N-dealkylation sites (tertiary alicyclic amines) is 1. The highest BCUT2D eigenvalue weighted by Gasteiger charge is 2.19. The molecule has 158 valence electrons. The molecule has 1 aliphatic heterocycles. The first-order chi connectivity index (χ1) is 15.2. The average molecular weight is 415 g/mol. The minimum Gasteiger partial charge on any atom is -0.356 e. The molecule has 7 heteroatoms. The van der Waals surface area contributed by atoms with Gasteiger partial charge in [0, 0.05) is 44.4 Å². The number of nitrogens with zero attached hydrogens (tertiary/aromatic N) is 4. The Labute approximate surface area is 180 Å². The van der Waals surface area contributed by atoms with Gasteiger partial charge in [-0.1, -0.05) is 30.3 Å². The van der Waals surface area contributed by atoms with Gasteiger partial charge in [0.1, 0.15) is 5.52 Å². The Bertz CT molecular complexity index is 1280. The zero-order valence-electron chi connectivity index (χ0n) is 17.4. The van der Waals surface area contributed by atoms with Crippen molar-refractivity contribution in [1.82, 2.24) is 24.8 Å². The first-order valence-electron chi connectivity index (χ1n) is 10.9. The highest BCUT2D eigenvalue weighted by molar-refractivity contribution is 6.06. The maximum Gasteiger partial charge on any atom is 0.222 e. The predicted molar refractivity (Wildman–Crippen MR) is 121 cm³/mol. The van der Waals surface area contributed by atoms with Crippen molar-refractivity contribution in [3.63, 3.8) is 0 Å². The molecular weight excluding hydrogens is 390 g/mol. The number of fused-ring (bicyclic) bond motifs is 4. The van der Waals surface area contributed by atoms with Gasteiger partial charge < -0.3 is 14.8 Å². The summed E-state index contributed by atoms with van der Waals surface area (Å²) < 4.78 is 2.09. The van der Waals surface area contributed by atoms with E-state index < -0.39 is 0 Å². The zero-order chi connectivity index (χ0) is 21.2. The third-order valence-electron chi connectivity index (χ3n) is 5.92. The molecule has 1 N–H and O–H groups in total. The highest BCUT2D eigenvalue weighted by atomic mass is 16.2. The maximum absolute atomic E-state index is 12.4. The van der Waals surface area contributed by atoms with Gasteiger partial charge in [0.2, 0.25) is 11.8 Å². The summed E-state index contributed by atoms with van der Waals surface area (Å²) in [5.74, 6) is 0.235.